The summed E-state index contributed by atoms with van der Waals surface area (Å²) in [5.41, 5.74) is 2.00. The summed E-state index contributed by atoms with van der Waals surface area (Å²) < 4.78 is 16.0. The van der Waals surface area contributed by atoms with Crippen LogP contribution < -0.4 is 9.47 Å². The average Bonchev–Trinajstić information content (AvgIpc) is 3.43. The Hall–Kier alpha value is -3.33. The summed E-state index contributed by atoms with van der Waals surface area (Å²) in [6.45, 7) is 0.443. The van der Waals surface area contributed by atoms with E-state index in [1.54, 1.807) is 19.1 Å². The smallest absolute Gasteiger partial charge is 0.433 e. The number of amides is 1. The summed E-state index contributed by atoms with van der Waals surface area (Å²) >= 11 is 1.54. The molecule has 4 rings (SSSR count). The maximum Gasteiger partial charge on any atom is 0.433 e. The van der Waals surface area contributed by atoms with E-state index in [0.717, 1.165) is 16.0 Å². The second kappa shape index (κ2) is 7.59. The zero-order valence-corrected chi connectivity index (χ0v) is 16.6. The van der Waals surface area contributed by atoms with Gasteiger partial charge < -0.3 is 18.8 Å². The van der Waals surface area contributed by atoms with Gasteiger partial charge in [-0.05, 0) is 47.2 Å². The average molecular weight is 414 g/mol. The lowest BCUT2D eigenvalue weighted by atomic mass is 9.90. The predicted octanol–water partition coefficient (Wildman–Crippen LogP) is 4.05. The van der Waals surface area contributed by atoms with Gasteiger partial charge in [0.25, 0.3) is 5.91 Å². The second-order valence-electron chi connectivity index (χ2n) is 6.47. The number of carbonyl (C=O) groups excluding carboxylic acids is 1. The van der Waals surface area contributed by atoms with Crippen LogP contribution in [0, 0.1) is 10.1 Å². The normalized spacial score (nSPS) is 15.7. The van der Waals surface area contributed by atoms with Crippen molar-refractivity contribution in [2.45, 2.75) is 12.5 Å². The third-order valence-corrected chi connectivity index (χ3v) is 5.85. The molecule has 0 unspecified atom stereocenters. The number of carbonyl (C=O) groups is 1. The Labute approximate surface area is 170 Å². The number of furan rings is 1. The fraction of sp³-hybridized carbons (Fsp3) is 0.250. The molecule has 0 saturated carbocycles. The molecule has 150 valence electrons. The van der Waals surface area contributed by atoms with Crippen LogP contribution >= 0.6 is 11.3 Å². The predicted molar refractivity (Wildman–Crippen MR) is 106 cm³/mol. The third kappa shape index (κ3) is 3.33. The van der Waals surface area contributed by atoms with Crippen molar-refractivity contribution in [3.63, 3.8) is 0 Å². The van der Waals surface area contributed by atoms with Crippen LogP contribution in [-0.2, 0) is 6.42 Å². The first kappa shape index (κ1) is 19.0. The van der Waals surface area contributed by atoms with E-state index in [1.165, 1.54) is 23.5 Å². The van der Waals surface area contributed by atoms with Crippen molar-refractivity contribution >= 4 is 23.1 Å². The Bertz CT molecular complexity index is 1060. The van der Waals surface area contributed by atoms with Crippen molar-refractivity contribution in [1.29, 1.82) is 0 Å². The largest absolute Gasteiger partial charge is 0.493 e. The first-order valence-electron chi connectivity index (χ1n) is 8.87. The molecular formula is C20H18N2O6S. The lowest BCUT2D eigenvalue weighted by Crippen LogP contribution is -2.40. The summed E-state index contributed by atoms with van der Waals surface area (Å²) in [5, 5.41) is 12.9. The molecule has 0 bridgehead atoms. The molecule has 3 heterocycles. The number of nitrogens with zero attached hydrogens (tertiary/aromatic N) is 2. The third-order valence-electron chi connectivity index (χ3n) is 4.93. The van der Waals surface area contributed by atoms with E-state index in [0.29, 0.717) is 24.5 Å². The van der Waals surface area contributed by atoms with E-state index >= 15 is 0 Å². The summed E-state index contributed by atoms with van der Waals surface area (Å²) in [4.78, 5) is 26.1. The van der Waals surface area contributed by atoms with Crippen LogP contribution in [0.5, 0.6) is 11.5 Å². The number of hydrogen-bond acceptors (Lipinski definition) is 7. The number of rotatable bonds is 5. The maximum atomic E-state index is 13.2. The first-order chi connectivity index (χ1) is 14.0. The topological polar surface area (TPSA) is 95.0 Å². The van der Waals surface area contributed by atoms with Crippen LogP contribution in [0.1, 0.15) is 32.6 Å². The molecule has 9 heteroatoms. The highest BCUT2D eigenvalue weighted by Crippen LogP contribution is 2.42. The van der Waals surface area contributed by atoms with Crippen molar-refractivity contribution in [2.75, 3.05) is 20.8 Å². The van der Waals surface area contributed by atoms with Gasteiger partial charge in [0.15, 0.2) is 17.3 Å². The van der Waals surface area contributed by atoms with Crippen molar-refractivity contribution in [1.82, 2.24) is 4.90 Å². The van der Waals surface area contributed by atoms with Crippen LogP contribution in [0.3, 0.4) is 0 Å². The minimum absolute atomic E-state index is 0.0535. The molecule has 2 aromatic heterocycles. The van der Waals surface area contributed by atoms with Crippen molar-refractivity contribution in [3.8, 4) is 11.5 Å². The molecular weight excluding hydrogens is 396 g/mol. The van der Waals surface area contributed by atoms with E-state index in [4.69, 9.17) is 13.9 Å². The zero-order chi connectivity index (χ0) is 20.5. The highest BCUT2D eigenvalue weighted by atomic mass is 32.1. The van der Waals surface area contributed by atoms with Crippen LogP contribution in [0.2, 0.25) is 0 Å². The summed E-state index contributed by atoms with van der Waals surface area (Å²) in [5.74, 6) is 0.317. The van der Waals surface area contributed by atoms with E-state index in [9.17, 15) is 14.9 Å². The van der Waals surface area contributed by atoms with Gasteiger partial charge >= 0.3 is 5.88 Å². The van der Waals surface area contributed by atoms with Gasteiger partial charge in [-0.15, -0.1) is 11.3 Å². The molecule has 1 aliphatic heterocycles. The van der Waals surface area contributed by atoms with Crippen LogP contribution in [0.15, 0.2) is 46.2 Å². The number of thiophene rings is 1. The number of hydrogen-bond donors (Lipinski definition) is 0. The zero-order valence-electron chi connectivity index (χ0n) is 15.8. The van der Waals surface area contributed by atoms with Crippen molar-refractivity contribution < 1.29 is 23.6 Å². The Morgan fingerprint density at radius 3 is 2.62 bits per heavy atom. The molecule has 1 aliphatic rings. The summed E-state index contributed by atoms with van der Waals surface area (Å²) in [6.07, 6.45) is 0.617. The van der Waals surface area contributed by atoms with Crippen LogP contribution in [0.4, 0.5) is 5.88 Å². The van der Waals surface area contributed by atoms with Gasteiger partial charge in [-0.25, -0.2) is 0 Å². The number of nitro groups is 1. The summed E-state index contributed by atoms with van der Waals surface area (Å²) in [7, 11) is 3.15. The molecule has 0 spiro atoms. The van der Waals surface area contributed by atoms with E-state index in [2.05, 4.69) is 0 Å². The van der Waals surface area contributed by atoms with E-state index in [1.807, 2.05) is 29.6 Å². The Balaban J connectivity index is 1.79. The van der Waals surface area contributed by atoms with E-state index < -0.39 is 16.7 Å². The summed E-state index contributed by atoms with van der Waals surface area (Å²) in [6, 6.07) is 9.91. The molecule has 0 N–H and O–H groups in total. The van der Waals surface area contributed by atoms with Crippen molar-refractivity contribution in [3.05, 3.63) is 73.7 Å². The van der Waals surface area contributed by atoms with Gasteiger partial charge in [0, 0.05) is 11.4 Å². The monoisotopic (exact) mass is 414 g/mol. The van der Waals surface area contributed by atoms with Gasteiger partial charge in [0.1, 0.15) is 4.92 Å². The minimum Gasteiger partial charge on any atom is -0.493 e. The molecule has 0 saturated heterocycles. The number of benzene rings is 1. The SMILES string of the molecule is COc1cc2c(cc1OC)[C@H](c1cccs1)N(C(=O)c1ccc([N+](=O)[O-])o1)CC2. The van der Waals surface area contributed by atoms with Crippen LogP contribution in [-0.4, -0.2) is 36.5 Å². The van der Waals surface area contributed by atoms with Crippen molar-refractivity contribution in [2.24, 2.45) is 0 Å². The molecule has 0 fully saturated rings. The van der Waals surface area contributed by atoms with Gasteiger partial charge in [-0.3, -0.25) is 14.9 Å². The minimum atomic E-state index is -0.657. The molecule has 1 aromatic carbocycles. The Kier molecular flexibility index (Phi) is 4.98. The molecule has 8 nitrogen and oxygen atoms in total. The molecule has 3 aromatic rings. The molecule has 29 heavy (non-hydrogen) atoms. The molecule has 1 atom stereocenters. The standard InChI is InChI=1S/C20H18N2O6S/c1-26-15-10-12-7-8-21(20(23)14-5-6-18(28-14)22(24)25)19(17-4-3-9-29-17)13(12)11-16(15)27-2/h3-6,9-11,19H,7-8H2,1-2H3/t19-/m1/s1. The van der Waals surface area contributed by atoms with Crippen LogP contribution in [0.25, 0.3) is 0 Å². The fourth-order valence-corrected chi connectivity index (χ4v) is 4.46. The lowest BCUT2D eigenvalue weighted by molar-refractivity contribution is -0.402. The second-order valence-corrected chi connectivity index (χ2v) is 7.45. The maximum absolute atomic E-state index is 13.2. The molecule has 0 radical (unpaired) electrons. The Morgan fingerprint density at radius 1 is 1.24 bits per heavy atom. The van der Waals surface area contributed by atoms with Gasteiger partial charge in [0.05, 0.1) is 26.3 Å². The van der Waals surface area contributed by atoms with Gasteiger partial charge in [-0.1, -0.05) is 6.07 Å². The van der Waals surface area contributed by atoms with Gasteiger partial charge in [-0.2, -0.15) is 0 Å². The van der Waals surface area contributed by atoms with E-state index in [-0.39, 0.29) is 11.8 Å². The number of methoxy groups -OCH3 is 2. The van der Waals surface area contributed by atoms with Gasteiger partial charge in [0.2, 0.25) is 0 Å². The lowest BCUT2D eigenvalue weighted by Gasteiger charge is -2.37. The number of fused-ring (bicyclic) bond motifs is 1. The number of ether oxygens (including phenoxy) is 2. The highest BCUT2D eigenvalue weighted by molar-refractivity contribution is 7.10. The first-order valence-corrected chi connectivity index (χ1v) is 9.75. The molecule has 0 aliphatic carbocycles. The highest BCUT2D eigenvalue weighted by Gasteiger charge is 2.36. The Morgan fingerprint density at radius 2 is 2.00 bits per heavy atom. The fourth-order valence-electron chi connectivity index (χ4n) is 3.60. The quantitative estimate of drug-likeness (QED) is 0.462. The molecule has 1 amide bonds.